The maximum atomic E-state index is 12.2. The van der Waals surface area contributed by atoms with Crippen LogP contribution in [0.25, 0.3) is 0 Å². The molecule has 5 heteroatoms. The van der Waals surface area contributed by atoms with Gasteiger partial charge in [-0.25, -0.2) is 0 Å². The van der Waals surface area contributed by atoms with Crippen molar-refractivity contribution in [3.05, 3.63) is 12.2 Å². The topological polar surface area (TPSA) is 101 Å². The van der Waals surface area contributed by atoms with Gasteiger partial charge in [-0.1, -0.05) is 46.8 Å². The first-order valence-corrected chi connectivity index (χ1v) is 14.0. The van der Waals surface area contributed by atoms with E-state index in [1.54, 1.807) is 13.8 Å². The second-order valence-electron chi connectivity index (χ2n) is 14.7. The van der Waals surface area contributed by atoms with Gasteiger partial charge in [0.2, 0.25) is 0 Å². The molecule has 2 unspecified atom stereocenters. The Kier molecular flexibility index (Phi) is 6.51. The Morgan fingerprint density at radius 1 is 0.971 bits per heavy atom. The summed E-state index contributed by atoms with van der Waals surface area (Å²) in [5.41, 5.74) is -2.69. The predicted octanol–water partition coefficient (Wildman–Crippen LogP) is 4.59. The zero-order valence-corrected chi connectivity index (χ0v) is 23.3. The molecule has 0 aromatic carbocycles. The fraction of sp³-hybridized carbons (Fsp3) is 0.933. The van der Waals surface area contributed by atoms with Crippen LogP contribution in [0.2, 0.25) is 0 Å². The van der Waals surface area contributed by atoms with Crippen molar-refractivity contribution in [2.24, 2.45) is 39.4 Å². The third-order valence-electron chi connectivity index (χ3n) is 12.8. The summed E-state index contributed by atoms with van der Waals surface area (Å²) in [7, 11) is 0. The molecular weight excluding hydrogens is 440 g/mol. The monoisotopic (exact) mass is 492 g/mol. The molecule has 0 aromatic heterocycles. The summed E-state index contributed by atoms with van der Waals surface area (Å²) >= 11 is 0. The minimum atomic E-state index is -1.42. The van der Waals surface area contributed by atoms with Gasteiger partial charge in [0.1, 0.15) is 0 Å². The first-order valence-electron chi connectivity index (χ1n) is 14.0. The molecule has 4 rings (SSSR count). The second-order valence-corrected chi connectivity index (χ2v) is 14.7. The van der Waals surface area contributed by atoms with Crippen LogP contribution in [0.15, 0.2) is 12.2 Å². The van der Waals surface area contributed by atoms with Crippen molar-refractivity contribution in [1.82, 2.24) is 0 Å². The van der Waals surface area contributed by atoms with Crippen molar-refractivity contribution in [1.29, 1.82) is 0 Å². The molecule has 0 amide bonds. The predicted molar refractivity (Wildman–Crippen MR) is 139 cm³/mol. The van der Waals surface area contributed by atoms with Gasteiger partial charge in [-0.05, 0) is 105 Å². The average molecular weight is 493 g/mol. The Morgan fingerprint density at radius 2 is 1.60 bits per heavy atom. The summed E-state index contributed by atoms with van der Waals surface area (Å²) in [6.45, 7) is 18.8. The Labute approximate surface area is 213 Å². The number of rotatable bonds is 5. The Bertz CT molecular complexity index is 852. The summed E-state index contributed by atoms with van der Waals surface area (Å²) < 4.78 is 0. The van der Waals surface area contributed by atoms with E-state index in [1.807, 2.05) is 0 Å². The van der Waals surface area contributed by atoms with Gasteiger partial charge in [-0.15, -0.1) is 0 Å². The highest BCUT2D eigenvalue weighted by molar-refractivity contribution is 5.24. The Morgan fingerprint density at radius 3 is 2.20 bits per heavy atom. The first kappa shape index (κ1) is 27.6. The largest absolute Gasteiger partial charge is 0.393 e. The quantitative estimate of drug-likeness (QED) is 0.362. The van der Waals surface area contributed by atoms with Crippen molar-refractivity contribution in [2.45, 2.75) is 136 Å². The van der Waals surface area contributed by atoms with Gasteiger partial charge in [0.05, 0.1) is 29.5 Å². The summed E-state index contributed by atoms with van der Waals surface area (Å²) in [6, 6.07) is 0. The maximum Gasteiger partial charge on any atom is 0.0988 e. The second kappa shape index (κ2) is 8.27. The maximum absolute atomic E-state index is 12.2. The number of aliphatic hydroxyl groups excluding tert-OH is 3. The lowest BCUT2D eigenvalue weighted by Gasteiger charge is -2.70. The molecule has 4 fully saturated rings. The summed E-state index contributed by atoms with van der Waals surface area (Å²) in [6.07, 6.45) is 4.56. The molecule has 0 aliphatic heterocycles. The van der Waals surface area contributed by atoms with Gasteiger partial charge in [0.15, 0.2) is 0 Å². The van der Waals surface area contributed by atoms with Crippen LogP contribution in [0.3, 0.4) is 0 Å². The molecule has 5 N–H and O–H groups in total. The lowest BCUT2D eigenvalue weighted by molar-refractivity contribution is -0.271. The van der Waals surface area contributed by atoms with Crippen LogP contribution in [-0.2, 0) is 0 Å². The minimum absolute atomic E-state index is 0.0273. The molecule has 202 valence electrons. The molecule has 0 heterocycles. The molecule has 5 nitrogen and oxygen atoms in total. The normalized spacial score (nSPS) is 51.5. The molecule has 0 bridgehead atoms. The Balaban J connectivity index is 1.69. The highest BCUT2D eigenvalue weighted by Gasteiger charge is 2.74. The third-order valence-corrected chi connectivity index (χ3v) is 12.8. The molecule has 11 atom stereocenters. The van der Waals surface area contributed by atoms with Gasteiger partial charge in [-0.3, -0.25) is 0 Å². The fourth-order valence-corrected chi connectivity index (χ4v) is 10.3. The average Bonchev–Trinajstić information content (AvgIpc) is 3.06. The summed E-state index contributed by atoms with van der Waals surface area (Å²) in [5, 5.41) is 56.7. The van der Waals surface area contributed by atoms with E-state index in [0.29, 0.717) is 36.7 Å². The van der Waals surface area contributed by atoms with Crippen LogP contribution in [0.4, 0.5) is 0 Å². The first-order chi connectivity index (χ1) is 15.9. The molecular formula is C30H52O5. The van der Waals surface area contributed by atoms with Crippen molar-refractivity contribution < 1.29 is 25.5 Å². The molecule has 0 aromatic rings. The van der Waals surface area contributed by atoms with Crippen LogP contribution in [0.5, 0.6) is 0 Å². The zero-order valence-electron chi connectivity index (χ0n) is 23.3. The lowest BCUT2D eigenvalue weighted by atomic mass is 9.35. The number of hydrogen-bond acceptors (Lipinski definition) is 5. The van der Waals surface area contributed by atoms with Crippen molar-refractivity contribution in [3.63, 3.8) is 0 Å². The van der Waals surface area contributed by atoms with Crippen molar-refractivity contribution in [3.8, 4) is 0 Å². The van der Waals surface area contributed by atoms with Gasteiger partial charge in [0.25, 0.3) is 0 Å². The molecule has 4 saturated carbocycles. The SMILES string of the molecule is C=C(C)C(O)CC[C@](C)(O)[C@@]1(O)CC[C@@]2(C)[C@H]1[C@H](O)C[C@@H]1[C@@]3(C)CC[C@@H](O)C(C)(C)C3CC[C@]12C. The van der Waals surface area contributed by atoms with Crippen molar-refractivity contribution >= 4 is 0 Å². The van der Waals surface area contributed by atoms with Crippen molar-refractivity contribution in [2.75, 3.05) is 0 Å². The molecule has 4 aliphatic carbocycles. The standard InChI is InChI=1S/C30H52O5/c1-18(2)19(31)9-14-29(8,34)30(35)16-15-28(7)24(30)20(32)17-22-26(5)12-11-23(33)25(3,4)21(26)10-13-27(22,28)6/h19-24,31-35H,1,9-17H2,2-8H3/t19?,20-,21?,22-,23-,24-,26+,27-,28+,29+,30-/m1/s1. The highest BCUT2D eigenvalue weighted by Crippen LogP contribution is 2.76. The van der Waals surface area contributed by atoms with E-state index in [9.17, 15) is 25.5 Å². The van der Waals surface area contributed by atoms with Crippen LogP contribution >= 0.6 is 0 Å². The molecule has 35 heavy (non-hydrogen) atoms. The smallest absolute Gasteiger partial charge is 0.0988 e. The highest BCUT2D eigenvalue weighted by atomic mass is 16.4. The van der Waals surface area contributed by atoms with Crippen LogP contribution in [0, 0.1) is 39.4 Å². The summed E-state index contributed by atoms with van der Waals surface area (Å²) in [5.74, 6) is 0.279. The number of aliphatic hydroxyl groups is 5. The summed E-state index contributed by atoms with van der Waals surface area (Å²) in [4.78, 5) is 0. The zero-order chi connectivity index (χ0) is 26.4. The van der Waals surface area contributed by atoms with E-state index in [2.05, 4.69) is 41.2 Å². The minimum Gasteiger partial charge on any atom is -0.393 e. The van der Waals surface area contributed by atoms with Crippen LogP contribution in [-0.4, -0.2) is 55.0 Å². The van der Waals surface area contributed by atoms with Crippen LogP contribution < -0.4 is 0 Å². The molecule has 0 saturated heterocycles. The van der Waals surface area contributed by atoms with E-state index in [-0.39, 0.29) is 34.2 Å². The van der Waals surface area contributed by atoms with Gasteiger partial charge >= 0.3 is 0 Å². The van der Waals surface area contributed by atoms with E-state index in [4.69, 9.17) is 0 Å². The third kappa shape index (κ3) is 3.58. The molecule has 0 spiro atoms. The van der Waals surface area contributed by atoms with E-state index in [1.165, 1.54) is 0 Å². The Hall–Kier alpha value is -0.460. The van der Waals surface area contributed by atoms with Gasteiger partial charge in [0, 0.05) is 5.92 Å². The van der Waals surface area contributed by atoms with Gasteiger partial charge < -0.3 is 25.5 Å². The number of fused-ring (bicyclic) bond motifs is 5. The van der Waals surface area contributed by atoms with E-state index >= 15 is 0 Å². The van der Waals surface area contributed by atoms with E-state index in [0.717, 1.165) is 32.1 Å². The fourth-order valence-electron chi connectivity index (χ4n) is 10.3. The van der Waals surface area contributed by atoms with Gasteiger partial charge in [-0.2, -0.15) is 0 Å². The van der Waals surface area contributed by atoms with E-state index < -0.39 is 29.3 Å². The number of hydrogen-bond donors (Lipinski definition) is 5. The van der Waals surface area contributed by atoms with Crippen LogP contribution in [0.1, 0.15) is 106 Å². The lowest BCUT2D eigenvalue weighted by Crippen LogP contribution is -2.69. The molecule has 0 radical (unpaired) electrons. The molecule has 4 aliphatic rings.